The van der Waals surface area contributed by atoms with Gasteiger partial charge in [0.1, 0.15) is 0 Å². The van der Waals surface area contributed by atoms with Crippen LogP contribution < -0.4 is 10.6 Å². The van der Waals surface area contributed by atoms with E-state index in [2.05, 4.69) is 57.1 Å². The minimum Gasteiger partial charge on any atom is -0.368 e. The van der Waals surface area contributed by atoms with Gasteiger partial charge in [-0.15, -0.1) is 0 Å². The molecular weight excluding hydrogens is 300 g/mol. The summed E-state index contributed by atoms with van der Waals surface area (Å²) in [7, 11) is 3.82. The Balaban J connectivity index is 1.68. The van der Waals surface area contributed by atoms with Gasteiger partial charge in [-0.2, -0.15) is 15.0 Å². The number of nitrogens with zero attached hydrogens (tertiary/aromatic N) is 5. The molecule has 1 aromatic heterocycles. The van der Waals surface area contributed by atoms with Gasteiger partial charge >= 0.3 is 0 Å². The maximum Gasteiger partial charge on any atom is 0.229 e. The van der Waals surface area contributed by atoms with Crippen LogP contribution in [0.4, 0.5) is 11.9 Å². The molecule has 2 N–H and O–H groups in total. The van der Waals surface area contributed by atoms with Gasteiger partial charge in [-0.05, 0) is 44.3 Å². The van der Waals surface area contributed by atoms with Crippen LogP contribution >= 0.6 is 0 Å². The van der Waals surface area contributed by atoms with Crippen LogP contribution in [0.2, 0.25) is 0 Å². The number of likely N-dealkylation sites (tertiary alicyclic amines) is 1. The van der Waals surface area contributed by atoms with E-state index in [1.165, 1.54) is 5.56 Å². The van der Waals surface area contributed by atoms with Crippen LogP contribution in [0.5, 0.6) is 0 Å². The fraction of sp³-hybridized carbons (Fsp3) is 0.500. The van der Waals surface area contributed by atoms with Crippen molar-refractivity contribution >= 4 is 11.9 Å². The lowest BCUT2D eigenvalue weighted by atomic mass is 9.89. The van der Waals surface area contributed by atoms with Gasteiger partial charge in [0.2, 0.25) is 11.9 Å². The summed E-state index contributed by atoms with van der Waals surface area (Å²) >= 11 is 0. The summed E-state index contributed by atoms with van der Waals surface area (Å²) in [4.78, 5) is 17.4. The maximum absolute atomic E-state index is 5.86. The Morgan fingerprint density at radius 2 is 1.75 bits per heavy atom. The van der Waals surface area contributed by atoms with E-state index in [4.69, 9.17) is 5.73 Å². The van der Waals surface area contributed by atoms with Crippen LogP contribution in [0.3, 0.4) is 0 Å². The zero-order valence-corrected chi connectivity index (χ0v) is 14.7. The first-order valence-corrected chi connectivity index (χ1v) is 8.52. The average molecular weight is 326 g/mol. The molecule has 2 heterocycles. The van der Waals surface area contributed by atoms with Crippen molar-refractivity contribution in [1.29, 1.82) is 0 Å². The van der Waals surface area contributed by atoms with Gasteiger partial charge in [0.05, 0.1) is 6.04 Å². The van der Waals surface area contributed by atoms with Crippen LogP contribution in [0.1, 0.15) is 43.1 Å². The smallest absolute Gasteiger partial charge is 0.229 e. The van der Waals surface area contributed by atoms with Gasteiger partial charge in [0, 0.05) is 14.1 Å². The lowest BCUT2D eigenvalue weighted by molar-refractivity contribution is 0.157. The molecule has 0 saturated carbocycles. The number of aromatic nitrogens is 3. The standard InChI is InChI=1S/C18H26N6/c1-13(16-20-17(19)22-18(21-16)23(2)3)24-11-9-15(10-12-24)14-7-5-4-6-8-14/h4-8,13,15H,9-12H2,1-3H3,(H2,19,20,21,22)/t13-/m1/s1. The molecule has 1 saturated heterocycles. The van der Waals surface area contributed by atoms with E-state index >= 15 is 0 Å². The summed E-state index contributed by atoms with van der Waals surface area (Å²) in [6.07, 6.45) is 2.32. The predicted molar refractivity (Wildman–Crippen MR) is 97.0 cm³/mol. The monoisotopic (exact) mass is 326 g/mol. The molecule has 128 valence electrons. The van der Waals surface area contributed by atoms with E-state index in [0.29, 0.717) is 11.9 Å². The summed E-state index contributed by atoms with van der Waals surface area (Å²) in [5.41, 5.74) is 7.30. The number of hydrogen-bond donors (Lipinski definition) is 1. The molecule has 1 aromatic carbocycles. The van der Waals surface area contributed by atoms with Crippen molar-refractivity contribution in [2.45, 2.75) is 31.7 Å². The largest absolute Gasteiger partial charge is 0.368 e. The number of nitrogens with two attached hydrogens (primary N) is 1. The zero-order valence-electron chi connectivity index (χ0n) is 14.7. The van der Waals surface area contributed by atoms with Crippen molar-refractivity contribution in [1.82, 2.24) is 19.9 Å². The maximum atomic E-state index is 5.86. The molecule has 0 bridgehead atoms. The summed E-state index contributed by atoms with van der Waals surface area (Å²) in [6.45, 7) is 4.24. The quantitative estimate of drug-likeness (QED) is 0.930. The number of anilines is 2. The minimum atomic E-state index is 0.144. The Kier molecular flexibility index (Phi) is 4.94. The molecule has 1 atom stereocenters. The van der Waals surface area contributed by atoms with Gasteiger partial charge < -0.3 is 10.6 Å². The highest BCUT2D eigenvalue weighted by molar-refractivity contribution is 5.33. The number of hydrogen-bond acceptors (Lipinski definition) is 6. The van der Waals surface area contributed by atoms with Gasteiger partial charge in [0.25, 0.3) is 0 Å². The Hall–Kier alpha value is -2.21. The number of benzene rings is 1. The molecule has 2 aromatic rings. The average Bonchev–Trinajstić information content (AvgIpc) is 2.61. The Labute approximate surface area is 143 Å². The SMILES string of the molecule is C[C@H](c1nc(N)nc(N(C)C)n1)N1CCC(c2ccccc2)CC1. The molecule has 3 rings (SSSR count). The predicted octanol–water partition coefficient (Wildman–Crippen LogP) is 2.46. The lowest BCUT2D eigenvalue weighted by Gasteiger charge is -2.35. The third-order valence-electron chi connectivity index (χ3n) is 4.78. The van der Waals surface area contributed by atoms with Gasteiger partial charge in [0.15, 0.2) is 5.82 Å². The normalized spacial score (nSPS) is 17.6. The molecule has 1 fully saturated rings. The summed E-state index contributed by atoms with van der Waals surface area (Å²) in [5.74, 6) is 2.30. The van der Waals surface area contributed by atoms with Crippen molar-refractivity contribution in [3.05, 3.63) is 41.7 Å². The molecule has 0 unspecified atom stereocenters. The molecule has 0 radical (unpaired) electrons. The van der Waals surface area contributed by atoms with E-state index in [9.17, 15) is 0 Å². The third-order valence-corrected chi connectivity index (χ3v) is 4.78. The fourth-order valence-corrected chi connectivity index (χ4v) is 3.29. The van der Waals surface area contributed by atoms with E-state index in [1.54, 1.807) is 0 Å². The summed E-state index contributed by atoms with van der Waals surface area (Å²) < 4.78 is 0. The summed E-state index contributed by atoms with van der Waals surface area (Å²) in [5, 5.41) is 0. The molecule has 6 nitrogen and oxygen atoms in total. The molecule has 1 aliphatic rings. The van der Waals surface area contributed by atoms with Crippen molar-refractivity contribution < 1.29 is 0 Å². The van der Waals surface area contributed by atoms with Crippen LogP contribution in [0.15, 0.2) is 30.3 Å². The highest BCUT2D eigenvalue weighted by Crippen LogP contribution is 2.31. The van der Waals surface area contributed by atoms with Gasteiger partial charge in [-0.25, -0.2) is 0 Å². The van der Waals surface area contributed by atoms with E-state index in [1.807, 2.05) is 19.0 Å². The van der Waals surface area contributed by atoms with Crippen molar-refractivity contribution in [2.24, 2.45) is 0 Å². The van der Waals surface area contributed by atoms with Crippen molar-refractivity contribution in [3.63, 3.8) is 0 Å². The first-order chi connectivity index (χ1) is 11.5. The zero-order chi connectivity index (χ0) is 17.1. The van der Waals surface area contributed by atoms with Crippen LogP contribution in [-0.4, -0.2) is 47.0 Å². The molecular formula is C18H26N6. The van der Waals surface area contributed by atoms with Crippen LogP contribution in [-0.2, 0) is 0 Å². The van der Waals surface area contributed by atoms with E-state index in [0.717, 1.165) is 31.8 Å². The second kappa shape index (κ2) is 7.13. The van der Waals surface area contributed by atoms with Gasteiger partial charge in [-0.1, -0.05) is 30.3 Å². The highest BCUT2D eigenvalue weighted by Gasteiger charge is 2.26. The van der Waals surface area contributed by atoms with E-state index in [-0.39, 0.29) is 12.0 Å². The minimum absolute atomic E-state index is 0.144. The Bertz CT molecular complexity index is 664. The second-order valence-electron chi connectivity index (χ2n) is 6.64. The third kappa shape index (κ3) is 3.64. The van der Waals surface area contributed by atoms with Gasteiger partial charge in [-0.3, -0.25) is 4.90 Å². The van der Waals surface area contributed by atoms with E-state index < -0.39 is 0 Å². The fourth-order valence-electron chi connectivity index (χ4n) is 3.29. The molecule has 0 amide bonds. The molecule has 0 aliphatic carbocycles. The first kappa shape index (κ1) is 16.6. The number of rotatable bonds is 4. The summed E-state index contributed by atoms with van der Waals surface area (Å²) in [6, 6.07) is 10.9. The Morgan fingerprint density at radius 1 is 1.08 bits per heavy atom. The van der Waals surface area contributed by atoms with Crippen LogP contribution in [0.25, 0.3) is 0 Å². The number of piperidine rings is 1. The highest BCUT2D eigenvalue weighted by atomic mass is 15.3. The Morgan fingerprint density at radius 3 is 2.38 bits per heavy atom. The molecule has 0 spiro atoms. The lowest BCUT2D eigenvalue weighted by Crippen LogP contribution is -2.36. The molecule has 1 aliphatic heterocycles. The number of nitrogen functional groups attached to an aromatic ring is 1. The topological polar surface area (TPSA) is 71.2 Å². The molecule has 24 heavy (non-hydrogen) atoms. The molecule has 6 heteroatoms. The first-order valence-electron chi connectivity index (χ1n) is 8.52. The van der Waals surface area contributed by atoms with Crippen LogP contribution in [0, 0.1) is 0 Å². The van der Waals surface area contributed by atoms with Crippen molar-refractivity contribution in [2.75, 3.05) is 37.8 Å². The van der Waals surface area contributed by atoms with Crippen molar-refractivity contribution in [3.8, 4) is 0 Å². The second-order valence-corrected chi connectivity index (χ2v) is 6.64.